The average molecular weight is 335 g/mol. The number of ether oxygens (including phenoxy) is 1. The van der Waals surface area contributed by atoms with Crippen molar-refractivity contribution in [1.82, 2.24) is 9.97 Å². The van der Waals surface area contributed by atoms with Crippen LogP contribution in [-0.2, 0) is 4.74 Å². The van der Waals surface area contributed by atoms with Gasteiger partial charge in [0.05, 0.1) is 36.2 Å². The Morgan fingerprint density at radius 2 is 2.25 bits per heavy atom. The zero-order valence-electron chi connectivity index (χ0n) is 10.5. The van der Waals surface area contributed by atoms with Gasteiger partial charge in [0.2, 0.25) is 0 Å². The molecular weight excluding hydrogens is 324 g/mol. The molecule has 6 heteroatoms. The topological polar surface area (TPSA) is 72.3 Å². The third-order valence-electron chi connectivity index (χ3n) is 3.14. The molecule has 1 aliphatic heterocycles. The molecule has 0 saturated heterocycles. The summed E-state index contributed by atoms with van der Waals surface area (Å²) >= 11 is 3.36. The van der Waals surface area contributed by atoms with E-state index in [1.807, 2.05) is 6.08 Å². The fourth-order valence-electron chi connectivity index (χ4n) is 2.11. The van der Waals surface area contributed by atoms with Gasteiger partial charge in [-0.05, 0) is 40.1 Å². The largest absolute Gasteiger partial charge is 0.478 e. The molecule has 0 saturated carbocycles. The van der Waals surface area contributed by atoms with E-state index in [0.717, 1.165) is 17.7 Å². The molecule has 1 aliphatic rings. The second kappa shape index (κ2) is 5.30. The molecule has 1 aromatic carbocycles. The molecule has 0 spiro atoms. The molecule has 0 fully saturated rings. The van der Waals surface area contributed by atoms with Gasteiger partial charge in [-0.3, -0.25) is 4.98 Å². The van der Waals surface area contributed by atoms with Crippen molar-refractivity contribution in [3.8, 4) is 0 Å². The summed E-state index contributed by atoms with van der Waals surface area (Å²) in [5.74, 6) is -0.981. The van der Waals surface area contributed by atoms with Gasteiger partial charge in [0.25, 0.3) is 0 Å². The number of halogens is 1. The van der Waals surface area contributed by atoms with Crippen LogP contribution in [0.25, 0.3) is 16.6 Å². The Morgan fingerprint density at radius 1 is 1.40 bits per heavy atom. The van der Waals surface area contributed by atoms with Crippen molar-refractivity contribution in [2.75, 3.05) is 13.2 Å². The smallest absolute Gasteiger partial charge is 0.335 e. The lowest BCUT2D eigenvalue weighted by atomic mass is 10.1. The number of benzene rings is 1. The van der Waals surface area contributed by atoms with E-state index < -0.39 is 5.97 Å². The molecule has 2 aromatic rings. The van der Waals surface area contributed by atoms with Crippen molar-refractivity contribution in [1.29, 1.82) is 0 Å². The molecule has 0 unspecified atom stereocenters. The molecule has 102 valence electrons. The average Bonchev–Trinajstić information content (AvgIpc) is 2.47. The van der Waals surface area contributed by atoms with E-state index in [1.165, 1.54) is 6.07 Å². The summed E-state index contributed by atoms with van der Waals surface area (Å²) in [7, 11) is 0. The maximum atomic E-state index is 11.0. The highest BCUT2D eigenvalue weighted by atomic mass is 79.9. The van der Waals surface area contributed by atoms with Crippen molar-refractivity contribution in [2.24, 2.45) is 0 Å². The van der Waals surface area contributed by atoms with Crippen molar-refractivity contribution >= 4 is 38.5 Å². The molecule has 0 atom stereocenters. The first-order chi connectivity index (χ1) is 9.65. The molecule has 0 bridgehead atoms. The van der Waals surface area contributed by atoms with Crippen LogP contribution in [0.5, 0.6) is 0 Å². The maximum Gasteiger partial charge on any atom is 0.335 e. The van der Waals surface area contributed by atoms with Crippen LogP contribution in [0.15, 0.2) is 28.9 Å². The highest BCUT2D eigenvalue weighted by Gasteiger charge is 2.13. The number of carboxylic acids is 1. The molecule has 20 heavy (non-hydrogen) atoms. The number of aromatic carboxylic acids is 1. The zero-order valence-corrected chi connectivity index (χ0v) is 12.1. The molecule has 0 amide bonds. The minimum absolute atomic E-state index is 0.191. The van der Waals surface area contributed by atoms with Gasteiger partial charge in [-0.25, -0.2) is 9.78 Å². The van der Waals surface area contributed by atoms with Gasteiger partial charge in [0.15, 0.2) is 0 Å². The lowest BCUT2D eigenvalue weighted by Crippen LogP contribution is -2.05. The summed E-state index contributed by atoms with van der Waals surface area (Å²) in [6, 6.07) is 3.07. The normalized spacial score (nSPS) is 15.2. The molecule has 1 aromatic heterocycles. The first-order valence-corrected chi connectivity index (χ1v) is 6.91. The Hall–Kier alpha value is -1.79. The zero-order chi connectivity index (χ0) is 14.1. The number of nitrogens with zero attached hydrogens (tertiary/aromatic N) is 2. The Kier molecular flexibility index (Phi) is 3.50. The second-order valence-electron chi connectivity index (χ2n) is 4.44. The van der Waals surface area contributed by atoms with Crippen molar-refractivity contribution in [3.63, 3.8) is 0 Å². The van der Waals surface area contributed by atoms with Crippen LogP contribution in [0.2, 0.25) is 0 Å². The predicted molar refractivity (Wildman–Crippen MR) is 77.6 cm³/mol. The summed E-state index contributed by atoms with van der Waals surface area (Å²) in [5, 5.41) is 9.04. The van der Waals surface area contributed by atoms with E-state index in [9.17, 15) is 4.79 Å². The Bertz CT molecular complexity index is 728. The number of hydrogen-bond acceptors (Lipinski definition) is 4. The molecule has 2 heterocycles. The molecule has 1 N–H and O–H groups in total. The van der Waals surface area contributed by atoms with Gasteiger partial charge < -0.3 is 9.84 Å². The number of carbonyl (C=O) groups is 1. The summed E-state index contributed by atoms with van der Waals surface area (Å²) < 4.78 is 5.91. The van der Waals surface area contributed by atoms with Crippen LogP contribution in [-0.4, -0.2) is 34.3 Å². The van der Waals surface area contributed by atoms with Crippen LogP contribution in [0, 0.1) is 0 Å². The van der Waals surface area contributed by atoms with Gasteiger partial charge in [0.1, 0.15) is 5.52 Å². The number of fused-ring (bicyclic) bond motifs is 1. The van der Waals surface area contributed by atoms with Crippen LogP contribution >= 0.6 is 15.9 Å². The van der Waals surface area contributed by atoms with Gasteiger partial charge in [-0.1, -0.05) is 6.08 Å². The van der Waals surface area contributed by atoms with Crippen molar-refractivity contribution < 1.29 is 14.6 Å². The quantitative estimate of drug-likeness (QED) is 0.914. The Morgan fingerprint density at radius 3 is 2.95 bits per heavy atom. The van der Waals surface area contributed by atoms with E-state index in [1.54, 1.807) is 12.3 Å². The minimum Gasteiger partial charge on any atom is -0.478 e. The molecule has 5 nitrogen and oxygen atoms in total. The minimum atomic E-state index is -0.981. The monoisotopic (exact) mass is 334 g/mol. The van der Waals surface area contributed by atoms with Gasteiger partial charge in [0, 0.05) is 4.47 Å². The first kappa shape index (κ1) is 13.2. The summed E-state index contributed by atoms with van der Waals surface area (Å²) in [6.45, 7) is 1.28. The van der Waals surface area contributed by atoms with Crippen LogP contribution in [0.1, 0.15) is 22.5 Å². The van der Waals surface area contributed by atoms with E-state index in [0.29, 0.717) is 28.7 Å². The van der Waals surface area contributed by atoms with Crippen LogP contribution in [0.4, 0.5) is 0 Å². The van der Waals surface area contributed by atoms with Crippen LogP contribution < -0.4 is 0 Å². The summed E-state index contributed by atoms with van der Waals surface area (Å²) in [5.41, 5.74) is 3.34. The van der Waals surface area contributed by atoms with Crippen LogP contribution in [0.3, 0.4) is 0 Å². The van der Waals surface area contributed by atoms with E-state index in [-0.39, 0.29) is 5.56 Å². The van der Waals surface area contributed by atoms with E-state index in [4.69, 9.17) is 9.84 Å². The fraction of sp³-hybridized carbons (Fsp3) is 0.214. The number of hydrogen-bond donors (Lipinski definition) is 1. The third kappa shape index (κ3) is 2.44. The van der Waals surface area contributed by atoms with Gasteiger partial charge in [-0.15, -0.1) is 0 Å². The van der Waals surface area contributed by atoms with Crippen molar-refractivity contribution in [3.05, 3.63) is 40.1 Å². The second-order valence-corrected chi connectivity index (χ2v) is 5.29. The highest BCUT2D eigenvalue weighted by Crippen LogP contribution is 2.26. The first-order valence-electron chi connectivity index (χ1n) is 6.12. The fourth-order valence-corrected chi connectivity index (χ4v) is 2.65. The molecular formula is C14H11BrN2O3. The third-order valence-corrected chi connectivity index (χ3v) is 3.75. The lowest BCUT2D eigenvalue weighted by molar-refractivity contribution is 0.0697. The Balaban J connectivity index is 2.12. The molecule has 0 radical (unpaired) electrons. The predicted octanol–water partition coefficient (Wildman–Crippen LogP) is 2.89. The number of carboxylic acid groups (broad SMARTS) is 1. The van der Waals surface area contributed by atoms with Gasteiger partial charge >= 0.3 is 5.97 Å². The standard InChI is InChI=1S/C14H11BrN2O3/c15-10-5-9(14(18)19)6-11-13(10)17-12(7-16-11)8-1-3-20-4-2-8/h1,5-7H,2-4H2,(H,18,19). The Labute approximate surface area is 123 Å². The van der Waals surface area contributed by atoms with E-state index >= 15 is 0 Å². The summed E-state index contributed by atoms with van der Waals surface area (Å²) in [4.78, 5) is 19.9. The van der Waals surface area contributed by atoms with Gasteiger partial charge in [-0.2, -0.15) is 0 Å². The number of rotatable bonds is 2. The molecule has 3 rings (SSSR count). The SMILES string of the molecule is O=C(O)c1cc(Br)c2nc(C3=CCOCC3)cnc2c1. The van der Waals surface area contributed by atoms with Crippen molar-refractivity contribution in [2.45, 2.75) is 6.42 Å². The maximum absolute atomic E-state index is 11.0. The molecule has 0 aliphatic carbocycles. The number of aromatic nitrogens is 2. The summed E-state index contributed by atoms with van der Waals surface area (Å²) in [6.07, 6.45) is 4.49. The highest BCUT2D eigenvalue weighted by molar-refractivity contribution is 9.10. The lowest BCUT2D eigenvalue weighted by Gasteiger charge is -2.13. The van der Waals surface area contributed by atoms with E-state index in [2.05, 4.69) is 25.9 Å².